The van der Waals surface area contributed by atoms with Gasteiger partial charge in [0.1, 0.15) is 5.82 Å². The number of hydrogen-bond donors (Lipinski definition) is 1. The molecule has 9 nitrogen and oxygen atoms in total. The molecule has 4 rings (SSSR count). The van der Waals surface area contributed by atoms with Gasteiger partial charge in [0.25, 0.3) is 0 Å². The number of nitrogens with one attached hydrogen (secondary N) is 1. The summed E-state index contributed by atoms with van der Waals surface area (Å²) in [5.41, 5.74) is 2.81. The molecule has 2 amide bonds. The van der Waals surface area contributed by atoms with Crippen molar-refractivity contribution >= 4 is 29.5 Å². The maximum Gasteiger partial charge on any atom is 0.330 e. The number of methoxy groups -OCH3 is 1. The molecule has 0 atom stereocenters. The molecule has 1 saturated heterocycles. The van der Waals surface area contributed by atoms with Gasteiger partial charge in [-0.1, -0.05) is 18.2 Å². The van der Waals surface area contributed by atoms with Crippen LogP contribution < -0.4 is 20.0 Å². The van der Waals surface area contributed by atoms with Gasteiger partial charge in [-0.25, -0.2) is 9.78 Å². The lowest BCUT2D eigenvalue weighted by Gasteiger charge is -2.37. The van der Waals surface area contributed by atoms with Crippen molar-refractivity contribution in [3.05, 3.63) is 41.6 Å². The second-order valence-corrected chi connectivity index (χ2v) is 8.23. The average molecular weight is 439 g/mol. The van der Waals surface area contributed by atoms with Gasteiger partial charge >= 0.3 is 12.0 Å². The molecule has 1 N–H and O–H groups in total. The van der Waals surface area contributed by atoms with Crippen molar-refractivity contribution in [2.24, 2.45) is 0 Å². The van der Waals surface area contributed by atoms with Crippen LogP contribution in [0.3, 0.4) is 0 Å². The highest BCUT2D eigenvalue weighted by Crippen LogP contribution is 2.32. The van der Waals surface area contributed by atoms with Gasteiger partial charge in [-0.15, -0.1) is 0 Å². The maximum absolute atomic E-state index is 13.2. The highest BCUT2D eigenvalue weighted by atomic mass is 16.5. The first-order valence-corrected chi connectivity index (χ1v) is 11.0. The minimum Gasteiger partial charge on any atom is -0.469 e. The van der Waals surface area contributed by atoms with E-state index in [0.717, 1.165) is 42.7 Å². The highest BCUT2D eigenvalue weighted by molar-refractivity contribution is 6.05. The van der Waals surface area contributed by atoms with E-state index in [4.69, 9.17) is 9.72 Å². The monoisotopic (exact) mass is 438 g/mol. The number of aromatic nitrogens is 2. The largest absolute Gasteiger partial charge is 0.469 e. The number of anilines is 3. The predicted molar refractivity (Wildman–Crippen MR) is 123 cm³/mol. The molecule has 170 valence electrons. The fourth-order valence-electron chi connectivity index (χ4n) is 4.37. The molecule has 0 saturated carbocycles. The number of aryl methyl sites for hydroxylation is 1. The quantitative estimate of drug-likeness (QED) is 0.693. The van der Waals surface area contributed by atoms with E-state index in [0.29, 0.717) is 24.9 Å². The zero-order chi connectivity index (χ0) is 22.7. The summed E-state index contributed by atoms with van der Waals surface area (Å²) in [7, 11) is 3.14. The first kappa shape index (κ1) is 22.0. The Kier molecular flexibility index (Phi) is 6.55. The molecule has 2 aliphatic rings. The highest BCUT2D eigenvalue weighted by Gasteiger charge is 2.32. The summed E-state index contributed by atoms with van der Waals surface area (Å²) in [5.74, 6) is 0.897. The molecule has 9 heteroatoms. The number of carbonyl (C=O) groups is 2. The van der Waals surface area contributed by atoms with Crippen LogP contribution in [0.5, 0.6) is 0 Å². The Balaban J connectivity index is 1.63. The van der Waals surface area contributed by atoms with E-state index in [1.807, 2.05) is 31.2 Å². The van der Waals surface area contributed by atoms with E-state index in [1.54, 1.807) is 23.0 Å². The molecular formula is C23H30N6O3. The number of carbonyl (C=O) groups excluding carboxylic acids is 2. The summed E-state index contributed by atoms with van der Waals surface area (Å²) < 4.78 is 4.83. The second-order valence-electron chi connectivity index (χ2n) is 8.23. The number of esters is 1. The van der Waals surface area contributed by atoms with E-state index < -0.39 is 0 Å². The normalized spacial score (nSPS) is 16.7. The van der Waals surface area contributed by atoms with Gasteiger partial charge < -0.3 is 15.0 Å². The summed E-state index contributed by atoms with van der Waals surface area (Å²) in [6.45, 7) is 4.71. The van der Waals surface area contributed by atoms with Gasteiger partial charge in [0.15, 0.2) is 0 Å². The molecule has 0 radical (unpaired) electrons. The summed E-state index contributed by atoms with van der Waals surface area (Å²) in [6, 6.07) is 7.95. The molecule has 0 aliphatic carbocycles. The lowest BCUT2D eigenvalue weighted by molar-refractivity contribution is -0.140. The van der Waals surface area contributed by atoms with Crippen LogP contribution in [0, 0.1) is 6.92 Å². The molecule has 0 spiro atoms. The number of fused-ring (bicyclic) bond motifs is 1. The number of rotatable bonds is 6. The Morgan fingerprint density at radius 2 is 2.03 bits per heavy atom. The Labute approximate surface area is 188 Å². The van der Waals surface area contributed by atoms with Crippen LogP contribution >= 0.6 is 0 Å². The Hall–Kier alpha value is -3.20. The van der Waals surface area contributed by atoms with E-state index in [2.05, 4.69) is 15.2 Å². The van der Waals surface area contributed by atoms with E-state index in [-0.39, 0.29) is 24.5 Å². The zero-order valence-corrected chi connectivity index (χ0v) is 18.9. The smallest absolute Gasteiger partial charge is 0.330 e. The molecule has 1 fully saturated rings. The van der Waals surface area contributed by atoms with Gasteiger partial charge in [0, 0.05) is 37.1 Å². The molecule has 2 aliphatic heterocycles. The van der Waals surface area contributed by atoms with Crippen molar-refractivity contribution in [2.45, 2.75) is 38.8 Å². The van der Waals surface area contributed by atoms with Gasteiger partial charge in [-0.2, -0.15) is 4.98 Å². The predicted octanol–water partition coefficient (Wildman–Crippen LogP) is 2.48. The fraction of sp³-hybridized carbons (Fsp3) is 0.478. The Bertz CT molecular complexity index is 991. The maximum atomic E-state index is 13.2. The van der Waals surface area contributed by atoms with Crippen LogP contribution in [-0.2, 0) is 16.1 Å². The lowest BCUT2D eigenvalue weighted by Crippen LogP contribution is -2.47. The third kappa shape index (κ3) is 4.38. The van der Waals surface area contributed by atoms with Gasteiger partial charge in [0.2, 0.25) is 5.95 Å². The van der Waals surface area contributed by atoms with Crippen LogP contribution in [0.4, 0.5) is 22.2 Å². The van der Waals surface area contributed by atoms with E-state index in [1.165, 1.54) is 7.11 Å². The summed E-state index contributed by atoms with van der Waals surface area (Å²) in [4.78, 5) is 39.9. The SMILES string of the molecule is COC(=O)CCN(c1ncc2c(n1)N(C)C(=O)N(c1ccccc1C)C2)C1CCNCC1. The van der Waals surface area contributed by atoms with Crippen molar-refractivity contribution in [3.63, 3.8) is 0 Å². The van der Waals surface area contributed by atoms with Crippen LogP contribution in [0.25, 0.3) is 0 Å². The fourth-order valence-corrected chi connectivity index (χ4v) is 4.37. The number of benzene rings is 1. The zero-order valence-electron chi connectivity index (χ0n) is 18.9. The van der Waals surface area contributed by atoms with Crippen LogP contribution in [0.15, 0.2) is 30.5 Å². The number of urea groups is 1. The summed E-state index contributed by atoms with van der Waals surface area (Å²) in [5, 5.41) is 3.37. The minimum absolute atomic E-state index is 0.126. The van der Waals surface area contributed by atoms with Crippen molar-refractivity contribution < 1.29 is 14.3 Å². The van der Waals surface area contributed by atoms with Gasteiger partial charge in [-0.3, -0.25) is 14.6 Å². The molecule has 1 aromatic heterocycles. The van der Waals surface area contributed by atoms with Crippen molar-refractivity contribution in [1.82, 2.24) is 15.3 Å². The Morgan fingerprint density at radius 1 is 1.28 bits per heavy atom. The van der Waals surface area contributed by atoms with Crippen LogP contribution in [-0.4, -0.2) is 61.8 Å². The number of piperidine rings is 1. The molecule has 0 bridgehead atoms. The number of hydrogen-bond acceptors (Lipinski definition) is 7. The molecule has 32 heavy (non-hydrogen) atoms. The first-order chi connectivity index (χ1) is 15.5. The summed E-state index contributed by atoms with van der Waals surface area (Å²) >= 11 is 0. The topological polar surface area (TPSA) is 90.9 Å². The lowest BCUT2D eigenvalue weighted by atomic mass is 10.0. The minimum atomic E-state index is -0.261. The molecule has 1 aromatic carbocycles. The van der Waals surface area contributed by atoms with Crippen LogP contribution in [0.2, 0.25) is 0 Å². The molecular weight excluding hydrogens is 408 g/mol. The van der Waals surface area contributed by atoms with Gasteiger partial charge in [-0.05, 0) is 44.5 Å². The number of nitrogens with zero attached hydrogens (tertiary/aromatic N) is 5. The third-order valence-electron chi connectivity index (χ3n) is 6.19. The average Bonchev–Trinajstić information content (AvgIpc) is 2.82. The molecule has 3 heterocycles. The standard InChI is InChI=1S/C23H30N6O3/c1-16-6-4-5-7-19(16)29-15-17-14-25-22(26-21(17)27(2)23(29)31)28(13-10-20(30)32-3)18-8-11-24-12-9-18/h4-7,14,18,24H,8-13,15H2,1-3H3. The van der Waals surface area contributed by atoms with Gasteiger partial charge in [0.05, 0.1) is 20.1 Å². The molecule has 2 aromatic rings. The van der Waals surface area contributed by atoms with Crippen molar-refractivity contribution in [3.8, 4) is 0 Å². The Morgan fingerprint density at radius 3 is 2.75 bits per heavy atom. The number of amides is 2. The third-order valence-corrected chi connectivity index (χ3v) is 6.19. The van der Waals surface area contributed by atoms with E-state index >= 15 is 0 Å². The number of ether oxygens (including phenoxy) is 1. The molecule has 0 unspecified atom stereocenters. The number of para-hydroxylation sites is 1. The van der Waals surface area contributed by atoms with Crippen molar-refractivity contribution in [1.29, 1.82) is 0 Å². The first-order valence-electron chi connectivity index (χ1n) is 11.0. The summed E-state index contributed by atoms with van der Waals surface area (Å²) in [6.07, 6.45) is 3.95. The van der Waals surface area contributed by atoms with Crippen molar-refractivity contribution in [2.75, 3.05) is 48.5 Å². The second kappa shape index (κ2) is 9.52. The van der Waals surface area contributed by atoms with E-state index in [9.17, 15) is 9.59 Å². The van der Waals surface area contributed by atoms with Crippen LogP contribution in [0.1, 0.15) is 30.4 Å².